The Morgan fingerprint density at radius 2 is 2.05 bits per heavy atom. The van der Waals surface area contributed by atoms with Gasteiger partial charge in [0.25, 0.3) is 0 Å². The first-order valence-electron chi connectivity index (χ1n) is 8.10. The Morgan fingerprint density at radius 1 is 1.29 bits per heavy atom. The molecule has 5 heteroatoms. The van der Waals surface area contributed by atoms with Gasteiger partial charge in [-0.1, -0.05) is 39.0 Å². The van der Waals surface area contributed by atoms with Gasteiger partial charge in [0.1, 0.15) is 0 Å². The molecule has 122 valence electrons. The van der Waals surface area contributed by atoms with Crippen LogP contribution < -0.4 is 5.32 Å². The van der Waals surface area contributed by atoms with Crippen molar-refractivity contribution in [2.75, 3.05) is 19.8 Å². The Balaban J connectivity index is 1.88. The molecular formula is C16H30N2O2S. The van der Waals surface area contributed by atoms with Crippen molar-refractivity contribution in [3.8, 4) is 0 Å². The zero-order valence-electron chi connectivity index (χ0n) is 13.4. The highest BCUT2D eigenvalue weighted by Crippen LogP contribution is 2.10. The largest absolute Gasteiger partial charge is 0.389 e. The third-order valence-corrected chi connectivity index (χ3v) is 4.21. The minimum Gasteiger partial charge on any atom is -0.389 e. The summed E-state index contributed by atoms with van der Waals surface area (Å²) in [6.07, 6.45) is 9.05. The molecule has 0 saturated heterocycles. The molecule has 0 amide bonds. The van der Waals surface area contributed by atoms with Gasteiger partial charge in [-0.05, 0) is 13.3 Å². The smallest absolute Gasteiger partial charge is 0.0897 e. The first-order chi connectivity index (χ1) is 10.2. The van der Waals surface area contributed by atoms with Crippen molar-refractivity contribution in [1.82, 2.24) is 10.3 Å². The molecule has 21 heavy (non-hydrogen) atoms. The number of unbranched alkanes of at least 4 members (excludes halogenated alkanes) is 5. The maximum Gasteiger partial charge on any atom is 0.0897 e. The van der Waals surface area contributed by atoms with Gasteiger partial charge in [0.05, 0.1) is 17.7 Å². The Kier molecular flexibility index (Phi) is 10.7. The third kappa shape index (κ3) is 9.96. The molecule has 1 atom stereocenters. The molecule has 0 aliphatic heterocycles. The Hall–Kier alpha value is -0.490. The van der Waals surface area contributed by atoms with E-state index in [1.54, 1.807) is 11.3 Å². The molecule has 0 aliphatic carbocycles. The van der Waals surface area contributed by atoms with Crippen LogP contribution in [-0.4, -0.2) is 36.0 Å². The van der Waals surface area contributed by atoms with Crippen molar-refractivity contribution in [2.45, 2.75) is 65.0 Å². The predicted molar refractivity (Wildman–Crippen MR) is 88.8 cm³/mol. The average molecular weight is 314 g/mol. The van der Waals surface area contributed by atoms with Crippen LogP contribution in [0, 0.1) is 6.92 Å². The van der Waals surface area contributed by atoms with Crippen molar-refractivity contribution in [1.29, 1.82) is 0 Å². The summed E-state index contributed by atoms with van der Waals surface area (Å²) < 4.78 is 5.51. The molecule has 0 bridgehead atoms. The van der Waals surface area contributed by atoms with E-state index in [0.29, 0.717) is 13.2 Å². The first-order valence-corrected chi connectivity index (χ1v) is 8.92. The van der Waals surface area contributed by atoms with E-state index in [4.69, 9.17) is 4.74 Å². The topological polar surface area (TPSA) is 54.4 Å². The molecule has 1 aromatic rings. The molecule has 0 aromatic carbocycles. The van der Waals surface area contributed by atoms with Gasteiger partial charge in [0.15, 0.2) is 0 Å². The fourth-order valence-electron chi connectivity index (χ4n) is 2.11. The van der Waals surface area contributed by atoms with Crippen LogP contribution in [0.3, 0.4) is 0 Å². The number of hydrogen-bond donors (Lipinski definition) is 2. The second-order valence-electron chi connectivity index (χ2n) is 5.47. The highest BCUT2D eigenvalue weighted by atomic mass is 32.1. The summed E-state index contributed by atoms with van der Waals surface area (Å²) in [5.74, 6) is 0. The standard InChI is InChI=1S/C16H30N2O2S/c1-3-4-5-6-7-8-9-20-13-15(19)10-17-11-16-12-18-14(2)21-16/h12,15,17,19H,3-11,13H2,1-2H3. The van der Waals surface area contributed by atoms with Gasteiger partial charge in [-0.3, -0.25) is 0 Å². The molecule has 0 aliphatic rings. The summed E-state index contributed by atoms with van der Waals surface area (Å²) in [5.41, 5.74) is 0. The van der Waals surface area contributed by atoms with E-state index in [0.717, 1.165) is 24.6 Å². The number of aliphatic hydroxyl groups excluding tert-OH is 1. The van der Waals surface area contributed by atoms with Gasteiger partial charge >= 0.3 is 0 Å². The van der Waals surface area contributed by atoms with E-state index < -0.39 is 6.10 Å². The van der Waals surface area contributed by atoms with Crippen LogP contribution in [0.5, 0.6) is 0 Å². The lowest BCUT2D eigenvalue weighted by Gasteiger charge is -2.12. The Labute approximate surface area is 132 Å². The minimum atomic E-state index is -0.431. The van der Waals surface area contributed by atoms with Crippen LogP contribution >= 0.6 is 11.3 Å². The molecule has 1 rings (SSSR count). The molecule has 2 N–H and O–H groups in total. The number of aryl methyl sites for hydroxylation is 1. The van der Waals surface area contributed by atoms with Gasteiger partial charge in [-0.15, -0.1) is 11.3 Å². The SMILES string of the molecule is CCCCCCCCOCC(O)CNCc1cnc(C)s1. The zero-order chi connectivity index (χ0) is 15.3. The second kappa shape index (κ2) is 12.1. The van der Waals surface area contributed by atoms with Crippen molar-refractivity contribution < 1.29 is 9.84 Å². The van der Waals surface area contributed by atoms with Crippen LogP contribution in [0.4, 0.5) is 0 Å². The van der Waals surface area contributed by atoms with Crippen molar-refractivity contribution in [3.63, 3.8) is 0 Å². The third-order valence-electron chi connectivity index (χ3n) is 3.30. The molecule has 1 aromatic heterocycles. The summed E-state index contributed by atoms with van der Waals surface area (Å²) in [5, 5.41) is 14.1. The Morgan fingerprint density at radius 3 is 2.76 bits per heavy atom. The molecule has 1 unspecified atom stereocenters. The highest BCUT2D eigenvalue weighted by Gasteiger charge is 2.04. The minimum absolute atomic E-state index is 0.420. The maximum atomic E-state index is 9.81. The fraction of sp³-hybridized carbons (Fsp3) is 0.812. The summed E-state index contributed by atoms with van der Waals surface area (Å²) in [7, 11) is 0. The van der Waals surface area contributed by atoms with Crippen molar-refractivity contribution in [3.05, 3.63) is 16.1 Å². The zero-order valence-corrected chi connectivity index (χ0v) is 14.3. The summed E-state index contributed by atoms with van der Waals surface area (Å²) in [4.78, 5) is 5.40. The number of aliphatic hydroxyl groups is 1. The van der Waals surface area contributed by atoms with Gasteiger partial charge in [-0.25, -0.2) is 4.98 Å². The maximum absolute atomic E-state index is 9.81. The molecular weight excluding hydrogens is 284 g/mol. The number of nitrogens with one attached hydrogen (secondary N) is 1. The number of thiazole rings is 1. The van der Waals surface area contributed by atoms with E-state index in [1.807, 2.05) is 13.1 Å². The van der Waals surface area contributed by atoms with E-state index in [9.17, 15) is 5.11 Å². The second-order valence-corrected chi connectivity index (χ2v) is 6.79. The van der Waals surface area contributed by atoms with E-state index in [2.05, 4.69) is 17.2 Å². The van der Waals surface area contributed by atoms with E-state index in [-0.39, 0.29) is 0 Å². The van der Waals surface area contributed by atoms with Crippen LogP contribution in [0.15, 0.2) is 6.20 Å². The van der Waals surface area contributed by atoms with Gasteiger partial charge in [0, 0.05) is 30.8 Å². The number of ether oxygens (including phenoxy) is 1. The monoisotopic (exact) mass is 314 g/mol. The molecule has 1 heterocycles. The van der Waals surface area contributed by atoms with Crippen LogP contribution in [0.2, 0.25) is 0 Å². The molecule has 0 saturated carbocycles. The van der Waals surface area contributed by atoms with Crippen LogP contribution in [-0.2, 0) is 11.3 Å². The van der Waals surface area contributed by atoms with E-state index in [1.165, 1.54) is 37.0 Å². The molecule has 0 radical (unpaired) electrons. The normalized spacial score (nSPS) is 12.7. The number of hydrogen-bond acceptors (Lipinski definition) is 5. The lowest BCUT2D eigenvalue weighted by Crippen LogP contribution is -2.30. The number of aromatic nitrogens is 1. The van der Waals surface area contributed by atoms with Gasteiger partial charge < -0.3 is 15.2 Å². The first kappa shape index (κ1) is 18.6. The Bertz CT molecular complexity index is 358. The highest BCUT2D eigenvalue weighted by molar-refractivity contribution is 7.11. The summed E-state index contributed by atoms with van der Waals surface area (Å²) in [6.45, 7) is 6.74. The van der Waals surface area contributed by atoms with Gasteiger partial charge in [-0.2, -0.15) is 0 Å². The number of rotatable bonds is 13. The lowest BCUT2D eigenvalue weighted by atomic mass is 10.1. The fourth-order valence-corrected chi connectivity index (χ4v) is 2.88. The molecule has 4 nitrogen and oxygen atoms in total. The van der Waals surface area contributed by atoms with Crippen molar-refractivity contribution in [2.24, 2.45) is 0 Å². The van der Waals surface area contributed by atoms with Crippen molar-refractivity contribution >= 4 is 11.3 Å². The lowest BCUT2D eigenvalue weighted by molar-refractivity contribution is 0.0353. The molecule has 0 fully saturated rings. The van der Waals surface area contributed by atoms with Crippen LogP contribution in [0.25, 0.3) is 0 Å². The quantitative estimate of drug-likeness (QED) is 0.549. The molecule has 0 spiro atoms. The summed E-state index contributed by atoms with van der Waals surface area (Å²) in [6, 6.07) is 0. The number of nitrogens with zero attached hydrogens (tertiary/aromatic N) is 1. The van der Waals surface area contributed by atoms with Gasteiger partial charge in [0.2, 0.25) is 0 Å². The average Bonchev–Trinajstić information content (AvgIpc) is 2.87. The predicted octanol–water partition coefficient (Wildman–Crippen LogP) is 3.28. The van der Waals surface area contributed by atoms with Crippen LogP contribution in [0.1, 0.15) is 55.3 Å². The summed E-state index contributed by atoms with van der Waals surface area (Å²) >= 11 is 1.69. The van der Waals surface area contributed by atoms with E-state index >= 15 is 0 Å².